The monoisotopic (exact) mass is 249 g/mol. The van der Waals surface area contributed by atoms with Gasteiger partial charge in [-0.2, -0.15) is 0 Å². The van der Waals surface area contributed by atoms with Crippen LogP contribution in [0.25, 0.3) is 0 Å². The number of hydrogen-bond donors (Lipinski definition) is 6. The van der Waals surface area contributed by atoms with Gasteiger partial charge in [-0.15, -0.1) is 0 Å². The van der Waals surface area contributed by atoms with E-state index in [1.807, 2.05) is 0 Å². The van der Waals surface area contributed by atoms with Crippen molar-refractivity contribution in [2.24, 2.45) is 0 Å². The molecule has 0 saturated carbocycles. The van der Waals surface area contributed by atoms with E-state index in [2.05, 4.69) is 5.32 Å². The van der Waals surface area contributed by atoms with Gasteiger partial charge in [-0.05, 0) is 7.05 Å². The van der Waals surface area contributed by atoms with Gasteiger partial charge in [0.15, 0.2) is 5.85 Å². The van der Waals surface area contributed by atoms with Crippen LogP contribution < -0.4 is 5.32 Å². The zero-order chi connectivity index (χ0) is 11.6. The molecular weight excluding hydrogens is 236 g/mol. The molecule has 10 heteroatoms. The molecule has 8 nitrogen and oxygen atoms in total. The molecule has 0 radical (unpaired) electrons. The van der Waals surface area contributed by atoms with Gasteiger partial charge < -0.3 is 30.0 Å². The summed E-state index contributed by atoms with van der Waals surface area (Å²) in [5.74, 6) is -3.54. The molecule has 6 N–H and O–H groups in total. The van der Waals surface area contributed by atoms with Gasteiger partial charge in [-0.25, -0.2) is 0 Å². The summed E-state index contributed by atoms with van der Waals surface area (Å²) in [5.41, 5.74) is 0. The van der Waals surface area contributed by atoms with Crippen molar-refractivity contribution in [3.63, 3.8) is 0 Å². The Labute approximate surface area is 80.3 Å². The molecule has 0 aromatic carbocycles. The molecule has 2 atom stereocenters. The van der Waals surface area contributed by atoms with Crippen LogP contribution in [0.5, 0.6) is 0 Å². The van der Waals surface area contributed by atoms with Gasteiger partial charge in [0.05, 0.1) is 0 Å². The second kappa shape index (κ2) is 4.83. The first-order valence-electron chi connectivity index (χ1n) is 3.54. The molecule has 0 rings (SSSR count). The van der Waals surface area contributed by atoms with E-state index in [4.69, 9.17) is 24.7 Å². The van der Waals surface area contributed by atoms with Gasteiger partial charge in [0.25, 0.3) is 0 Å². The van der Waals surface area contributed by atoms with Crippen LogP contribution in [0.1, 0.15) is 6.42 Å². The van der Waals surface area contributed by atoms with Crippen molar-refractivity contribution in [3.05, 3.63) is 0 Å². The summed E-state index contributed by atoms with van der Waals surface area (Å²) in [5, 5.41) is 11.1. The van der Waals surface area contributed by atoms with Gasteiger partial charge in [0, 0.05) is 6.42 Å². The molecule has 86 valence electrons. The maximum atomic E-state index is 10.7. The normalized spacial score (nSPS) is 17.9. The number of hydrogen-bond acceptors (Lipinski definition) is 4. The van der Waals surface area contributed by atoms with E-state index in [1.54, 1.807) is 0 Å². The molecule has 0 aromatic heterocycles. The third-order valence-corrected chi connectivity index (χ3v) is 3.83. The minimum Gasteiger partial charge on any atom is -0.380 e. The number of aliphatic hydroxyl groups excluding tert-OH is 1. The lowest BCUT2D eigenvalue weighted by atomic mass is 10.4. The highest BCUT2D eigenvalue weighted by atomic mass is 31.2. The zero-order valence-electron chi connectivity index (χ0n) is 7.31. The van der Waals surface area contributed by atoms with E-state index >= 15 is 0 Å². The van der Waals surface area contributed by atoms with E-state index < -0.39 is 33.2 Å². The zero-order valence-corrected chi connectivity index (χ0v) is 9.10. The molecule has 0 heterocycles. The summed E-state index contributed by atoms with van der Waals surface area (Å²) in [6.45, 7) is 0. The van der Waals surface area contributed by atoms with Crippen LogP contribution in [-0.2, 0) is 9.13 Å². The molecule has 0 aliphatic heterocycles. The Morgan fingerprint density at radius 1 is 1.14 bits per heavy atom. The highest BCUT2D eigenvalue weighted by Crippen LogP contribution is 2.48. The second-order valence-corrected chi connectivity index (χ2v) is 6.27. The Morgan fingerprint density at radius 3 is 1.79 bits per heavy atom. The quantitative estimate of drug-likeness (QED) is 0.326. The van der Waals surface area contributed by atoms with E-state index in [0.29, 0.717) is 0 Å². The summed E-state index contributed by atoms with van der Waals surface area (Å²) in [6.07, 6.45) is -0.717. The van der Waals surface area contributed by atoms with Crippen LogP contribution in [-0.4, -0.2) is 43.4 Å². The molecule has 0 aromatic rings. The molecule has 0 aliphatic rings. The van der Waals surface area contributed by atoms with Crippen LogP contribution in [0.3, 0.4) is 0 Å². The molecular formula is C4H13NO7P2. The maximum absolute atomic E-state index is 10.7. The first kappa shape index (κ1) is 14.2. The summed E-state index contributed by atoms with van der Waals surface area (Å²) in [6, 6.07) is 0. The van der Waals surface area contributed by atoms with Crippen molar-refractivity contribution >= 4 is 15.2 Å². The number of rotatable bonds is 5. The third kappa shape index (κ3) is 4.63. The summed E-state index contributed by atoms with van der Waals surface area (Å²) < 4.78 is 21.2. The van der Waals surface area contributed by atoms with E-state index in [0.717, 1.165) is 0 Å². The lowest BCUT2D eigenvalue weighted by molar-refractivity contribution is 0.185. The largest absolute Gasteiger partial charge is 0.380 e. The fourth-order valence-electron chi connectivity index (χ4n) is 0.760. The van der Waals surface area contributed by atoms with Gasteiger partial charge in [-0.3, -0.25) is 9.13 Å². The minimum absolute atomic E-state index is 0.717. The first-order chi connectivity index (χ1) is 6.09. The molecule has 0 saturated heterocycles. The van der Waals surface area contributed by atoms with Crippen molar-refractivity contribution in [1.82, 2.24) is 5.32 Å². The van der Waals surface area contributed by atoms with Crippen LogP contribution >= 0.6 is 15.2 Å². The smallest absolute Gasteiger partial charge is 0.353 e. The standard InChI is InChI=1S/C4H13NO7P2/c1-5-3(13(7,8)9)2-4(6)14(10,11)12/h3-6H,2H2,1H3,(H2,7,8,9)(H2,10,11,12). The predicted octanol–water partition coefficient (Wildman–Crippen LogP) is -1.40. The molecule has 0 bridgehead atoms. The fraction of sp³-hybridized carbons (Fsp3) is 1.00. The average molecular weight is 249 g/mol. The Bertz CT molecular complexity index is 269. The van der Waals surface area contributed by atoms with Crippen LogP contribution in [0, 0.1) is 0 Å². The SMILES string of the molecule is CNC(CC(O)P(=O)(O)O)P(=O)(O)O. The van der Waals surface area contributed by atoms with Gasteiger partial charge in [-0.1, -0.05) is 0 Å². The molecule has 0 spiro atoms. The second-order valence-electron chi connectivity index (χ2n) is 2.70. The Hall–Kier alpha value is 0.220. The lowest BCUT2D eigenvalue weighted by Gasteiger charge is -2.21. The Balaban J connectivity index is 4.50. The molecule has 0 amide bonds. The molecule has 2 unspecified atom stereocenters. The number of aliphatic hydroxyl groups is 1. The van der Waals surface area contributed by atoms with Crippen molar-refractivity contribution in [2.45, 2.75) is 18.0 Å². The fourth-order valence-corrected chi connectivity index (χ4v) is 2.22. The van der Waals surface area contributed by atoms with Crippen molar-refractivity contribution in [2.75, 3.05) is 7.05 Å². The van der Waals surface area contributed by atoms with Crippen LogP contribution in [0.2, 0.25) is 0 Å². The van der Waals surface area contributed by atoms with Crippen LogP contribution in [0.4, 0.5) is 0 Å². The highest BCUT2D eigenvalue weighted by Gasteiger charge is 2.35. The van der Waals surface area contributed by atoms with E-state index in [9.17, 15) is 9.13 Å². The number of nitrogens with one attached hydrogen (secondary N) is 1. The van der Waals surface area contributed by atoms with E-state index in [1.165, 1.54) is 7.05 Å². The summed E-state index contributed by atoms with van der Waals surface area (Å²) >= 11 is 0. The van der Waals surface area contributed by atoms with Gasteiger partial charge in [0.1, 0.15) is 5.78 Å². The van der Waals surface area contributed by atoms with Crippen LogP contribution in [0.15, 0.2) is 0 Å². The molecule has 0 fully saturated rings. The third-order valence-electron chi connectivity index (χ3n) is 1.56. The highest BCUT2D eigenvalue weighted by molar-refractivity contribution is 7.53. The van der Waals surface area contributed by atoms with Crippen molar-refractivity contribution in [3.8, 4) is 0 Å². The summed E-state index contributed by atoms with van der Waals surface area (Å²) in [7, 11) is -8.02. The van der Waals surface area contributed by atoms with Gasteiger partial charge >= 0.3 is 15.2 Å². The topological polar surface area (TPSA) is 147 Å². The first-order valence-corrected chi connectivity index (χ1v) is 6.91. The molecule has 0 aliphatic carbocycles. The Morgan fingerprint density at radius 2 is 1.57 bits per heavy atom. The molecule has 14 heavy (non-hydrogen) atoms. The summed E-state index contributed by atoms with van der Waals surface area (Å²) in [4.78, 5) is 34.3. The van der Waals surface area contributed by atoms with E-state index in [-0.39, 0.29) is 0 Å². The van der Waals surface area contributed by atoms with Crippen molar-refractivity contribution < 1.29 is 33.8 Å². The van der Waals surface area contributed by atoms with Gasteiger partial charge in [0.2, 0.25) is 0 Å². The lowest BCUT2D eigenvalue weighted by Crippen LogP contribution is -2.29. The maximum Gasteiger partial charge on any atom is 0.353 e. The average Bonchev–Trinajstić information content (AvgIpc) is 1.95. The minimum atomic E-state index is -4.72. The van der Waals surface area contributed by atoms with Crippen molar-refractivity contribution in [1.29, 1.82) is 0 Å². The predicted molar refractivity (Wildman–Crippen MR) is 47.6 cm³/mol. The Kier molecular flexibility index (Phi) is 4.90.